The molecular formula is C37H46F3N5O10S. The van der Waals surface area contributed by atoms with Gasteiger partial charge in [0.2, 0.25) is 33.3 Å². The summed E-state index contributed by atoms with van der Waals surface area (Å²) in [6, 6.07) is 4.12. The van der Waals surface area contributed by atoms with Crippen LogP contribution in [0.25, 0.3) is 10.8 Å². The minimum atomic E-state index is -4.93. The van der Waals surface area contributed by atoms with Crippen LogP contribution in [-0.2, 0) is 33.9 Å². The van der Waals surface area contributed by atoms with Crippen molar-refractivity contribution in [2.45, 2.75) is 107 Å². The molecule has 3 fully saturated rings. The third-order valence-corrected chi connectivity index (χ3v) is 12.5. The van der Waals surface area contributed by atoms with Gasteiger partial charge in [-0.25, -0.2) is 18.2 Å². The van der Waals surface area contributed by atoms with Gasteiger partial charge in [-0.3, -0.25) is 19.1 Å². The van der Waals surface area contributed by atoms with Gasteiger partial charge < -0.3 is 34.5 Å². The first kappa shape index (κ1) is 41.0. The summed E-state index contributed by atoms with van der Waals surface area (Å²) in [6.45, 7) is 4.48. The molecule has 3 heterocycles. The molecule has 1 aromatic heterocycles. The molecule has 2 aliphatic heterocycles. The Balaban J connectivity index is 1.34. The molecule has 0 bridgehead atoms. The van der Waals surface area contributed by atoms with Gasteiger partial charge in [-0.15, -0.1) is 0 Å². The zero-order valence-corrected chi connectivity index (χ0v) is 32.4. The topological polar surface area (TPSA) is 192 Å². The third kappa shape index (κ3) is 8.67. The number of aromatic nitrogens is 1. The number of ether oxygens (including phenoxy) is 4. The van der Waals surface area contributed by atoms with Gasteiger partial charge in [-0.2, -0.15) is 13.2 Å². The molecule has 1 saturated heterocycles. The van der Waals surface area contributed by atoms with Crippen molar-refractivity contribution in [3.05, 3.63) is 42.6 Å². The minimum Gasteiger partial charge on any atom is -0.497 e. The van der Waals surface area contributed by atoms with Crippen LogP contribution in [0.1, 0.15) is 59.8 Å². The predicted octanol–water partition coefficient (Wildman–Crippen LogP) is 3.51. The van der Waals surface area contributed by atoms with Crippen LogP contribution in [0.3, 0.4) is 0 Å². The number of methoxy groups -OCH3 is 1. The summed E-state index contributed by atoms with van der Waals surface area (Å²) in [5, 5.41) is 5.68. The number of fused-ring (bicyclic) bond motifs is 3. The number of alkyl halides is 3. The van der Waals surface area contributed by atoms with Crippen molar-refractivity contribution in [1.29, 1.82) is 0 Å². The summed E-state index contributed by atoms with van der Waals surface area (Å²) in [7, 11) is -2.48. The van der Waals surface area contributed by atoms with E-state index in [-0.39, 0.29) is 38.3 Å². The first-order chi connectivity index (χ1) is 26.2. The molecule has 0 spiro atoms. The van der Waals surface area contributed by atoms with Gasteiger partial charge in [-0.1, -0.05) is 19.1 Å². The monoisotopic (exact) mass is 809 g/mol. The quantitative estimate of drug-likeness (QED) is 0.331. The number of alkyl carbamates (subject to hydrolysis) is 1. The second kappa shape index (κ2) is 15.4. The van der Waals surface area contributed by atoms with Crippen molar-refractivity contribution >= 4 is 44.6 Å². The second-order valence-corrected chi connectivity index (χ2v) is 17.4. The number of nitrogens with zero attached hydrogens (tertiary/aromatic N) is 2. The maximum Gasteiger partial charge on any atom is 0.427 e. The Hall–Kier alpha value is -4.65. The van der Waals surface area contributed by atoms with Gasteiger partial charge in [0.15, 0.2) is 0 Å². The highest BCUT2D eigenvalue weighted by Crippen LogP contribution is 2.46. The first-order valence-electron chi connectivity index (χ1n) is 18.4. The zero-order chi connectivity index (χ0) is 40.8. The lowest BCUT2D eigenvalue weighted by atomic mass is 9.94. The van der Waals surface area contributed by atoms with Crippen molar-refractivity contribution in [3.8, 4) is 11.6 Å². The lowest BCUT2D eigenvalue weighted by Crippen LogP contribution is -2.59. The Kier molecular flexibility index (Phi) is 11.2. The molecule has 56 heavy (non-hydrogen) atoms. The van der Waals surface area contributed by atoms with E-state index in [4.69, 9.17) is 18.9 Å². The smallest absolute Gasteiger partial charge is 0.427 e. The van der Waals surface area contributed by atoms with Gasteiger partial charge in [0.25, 0.3) is 5.91 Å². The minimum absolute atomic E-state index is 0.0486. The summed E-state index contributed by atoms with van der Waals surface area (Å²) >= 11 is 0. The molecule has 15 nitrogen and oxygen atoms in total. The number of carbonyl (C=O) groups excluding carboxylic acids is 4. The van der Waals surface area contributed by atoms with Crippen LogP contribution < -0.4 is 24.8 Å². The van der Waals surface area contributed by atoms with Crippen LogP contribution in [0.4, 0.5) is 18.0 Å². The highest BCUT2D eigenvalue weighted by molar-refractivity contribution is 7.91. The maximum absolute atomic E-state index is 14.6. The summed E-state index contributed by atoms with van der Waals surface area (Å²) in [4.78, 5) is 61.3. The van der Waals surface area contributed by atoms with E-state index in [2.05, 4.69) is 20.3 Å². The van der Waals surface area contributed by atoms with E-state index in [1.165, 1.54) is 13.3 Å². The molecule has 4 amide bonds. The number of hydrogen-bond acceptors (Lipinski definition) is 11. The summed E-state index contributed by atoms with van der Waals surface area (Å²) < 4.78 is 91.1. The molecule has 4 aliphatic rings. The normalized spacial score (nSPS) is 29.5. The van der Waals surface area contributed by atoms with Gasteiger partial charge in [0.05, 0.1) is 31.6 Å². The molecule has 2 aliphatic carbocycles. The number of halogens is 3. The van der Waals surface area contributed by atoms with E-state index >= 15 is 0 Å². The first-order valence-corrected chi connectivity index (χ1v) is 19.9. The highest BCUT2D eigenvalue weighted by atomic mass is 32.2. The number of benzene rings is 1. The molecule has 6 rings (SSSR count). The molecule has 306 valence electrons. The van der Waals surface area contributed by atoms with Crippen molar-refractivity contribution in [2.75, 3.05) is 20.3 Å². The van der Waals surface area contributed by atoms with Crippen LogP contribution in [0, 0.1) is 11.8 Å². The van der Waals surface area contributed by atoms with Crippen molar-refractivity contribution < 1.29 is 59.7 Å². The Morgan fingerprint density at radius 1 is 1.11 bits per heavy atom. The molecule has 19 heteroatoms. The maximum atomic E-state index is 14.6. The number of rotatable bonds is 8. The third-order valence-electron chi connectivity index (χ3n) is 10.7. The standard InChI is InChI=1S/C37H46F3N5O10S/c1-20-15-21(2)53-14-6-7-23-18-36(23,33(48)44-56(50,51)26-9-10-26)43-30(46)28-17-25(54-31-27-11-8-24(52-5)16-22(27)12-13-41-31)19-45(28)32(47)29(20)42-34(49)55-35(3,4)37(38,39)40/h6-8,11-13,16,20-21,23,25-26,28-29H,9-10,14-15,17-19H2,1-5H3,(H,42,49)(H,43,46)(H,44,48)/b7-6-/t20-,21+,23-,25-,28+,29+,36-/m1/s1. The number of amides is 4. The fourth-order valence-corrected chi connectivity index (χ4v) is 8.45. The molecular weight excluding hydrogens is 763 g/mol. The average Bonchev–Trinajstić information content (AvgIpc) is 4.04. The Labute approximate surface area is 322 Å². The van der Waals surface area contributed by atoms with E-state index in [0.29, 0.717) is 37.8 Å². The fraction of sp³-hybridized carbons (Fsp3) is 0.595. The van der Waals surface area contributed by atoms with Gasteiger partial charge >= 0.3 is 12.3 Å². The van der Waals surface area contributed by atoms with E-state index in [1.807, 2.05) is 0 Å². The van der Waals surface area contributed by atoms with Crippen LogP contribution in [-0.4, -0.2) is 109 Å². The lowest BCUT2D eigenvalue weighted by Gasteiger charge is -2.34. The molecule has 7 atom stereocenters. The number of sulfonamides is 1. The lowest BCUT2D eigenvalue weighted by molar-refractivity contribution is -0.244. The van der Waals surface area contributed by atoms with Gasteiger partial charge in [-0.05, 0) is 82.0 Å². The summed E-state index contributed by atoms with van der Waals surface area (Å²) in [6.07, 6.45) is -2.16. The fourth-order valence-electron chi connectivity index (χ4n) is 7.09. The van der Waals surface area contributed by atoms with Crippen LogP contribution >= 0.6 is 0 Å². The van der Waals surface area contributed by atoms with Crippen LogP contribution in [0.5, 0.6) is 11.6 Å². The summed E-state index contributed by atoms with van der Waals surface area (Å²) in [5.41, 5.74) is -4.58. The molecule has 1 aromatic carbocycles. The van der Waals surface area contributed by atoms with E-state index in [0.717, 1.165) is 10.3 Å². The van der Waals surface area contributed by atoms with E-state index in [9.17, 15) is 40.8 Å². The van der Waals surface area contributed by atoms with Crippen molar-refractivity contribution in [1.82, 2.24) is 25.2 Å². The Morgan fingerprint density at radius 3 is 2.52 bits per heavy atom. The molecule has 2 saturated carbocycles. The second-order valence-electron chi connectivity index (χ2n) is 15.4. The Bertz CT molecular complexity index is 2010. The SMILES string of the molecule is COc1ccc2c(O[C@@H]3C[C@H]4C(=O)N[C@]5(C(=O)NS(=O)(=O)C6CC6)C[C@H]5/C=C\CO[C@@H](C)C[C@@H](C)[C@H](NC(=O)OC(C)(C)C(F)(F)F)C(=O)N4C3)nccc2c1. The van der Waals surface area contributed by atoms with Crippen molar-refractivity contribution in [2.24, 2.45) is 11.8 Å². The molecule has 3 N–H and O–H groups in total. The number of nitrogens with one attached hydrogen (secondary N) is 3. The van der Waals surface area contributed by atoms with Gasteiger partial charge in [0.1, 0.15) is 29.5 Å². The largest absolute Gasteiger partial charge is 0.497 e. The molecule has 0 unspecified atom stereocenters. The Morgan fingerprint density at radius 2 is 1.84 bits per heavy atom. The van der Waals surface area contributed by atoms with Crippen LogP contribution in [0.15, 0.2) is 42.6 Å². The molecule has 2 aromatic rings. The number of hydrogen-bond donors (Lipinski definition) is 3. The van der Waals surface area contributed by atoms with Crippen molar-refractivity contribution in [3.63, 3.8) is 0 Å². The van der Waals surface area contributed by atoms with E-state index < -0.39 is 92.5 Å². The zero-order valence-electron chi connectivity index (χ0n) is 31.6. The highest BCUT2D eigenvalue weighted by Gasteiger charge is 2.62. The van der Waals surface area contributed by atoms with Gasteiger partial charge in [0, 0.05) is 23.9 Å². The average molecular weight is 810 g/mol. The molecule has 0 radical (unpaired) electrons. The number of carbonyl (C=O) groups is 4. The predicted molar refractivity (Wildman–Crippen MR) is 194 cm³/mol. The summed E-state index contributed by atoms with van der Waals surface area (Å²) in [5.74, 6) is -3.15. The van der Waals surface area contributed by atoms with Crippen LogP contribution in [0.2, 0.25) is 0 Å². The number of pyridine rings is 1. The van der Waals surface area contributed by atoms with E-state index in [1.54, 1.807) is 50.3 Å².